The van der Waals surface area contributed by atoms with E-state index in [4.69, 9.17) is 0 Å². The Kier molecular flexibility index (Phi) is 5.50. The predicted octanol–water partition coefficient (Wildman–Crippen LogP) is 3.19. The first-order valence-corrected chi connectivity index (χ1v) is 13.1. The van der Waals surface area contributed by atoms with E-state index in [1.54, 1.807) is 0 Å². The molecule has 0 radical (unpaired) electrons. The van der Waals surface area contributed by atoms with Crippen LogP contribution in [0.3, 0.4) is 0 Å². The van der Waals surface area contributed by atoms with E-state index in [0.29, 0.717) is 9.99 Å². The summed E-state index contributed by atoms with van der Waals surface area (Å²) in [5.74, 6) is 0. The fourth-order valence-corrected chi connectivity index (χ4v) is 12.7. The van der Waals surface area contributed by atoms with Gasteiger partial charge < -0.3 is 0 Å². The summed E-state index contributed by atoms with van der Waals surface area (Å²) in [6, 6.07) is 39.3. The standard InChI is InChI=1S/C25H20AsNO2/c28-27(29)25(21-13-5-1-6-14-21)26(22-15-7-2-8-16-22,23-17-9-3-10-18-23)24-19-11-4-12-20-24/h1-20H. The average molecular weight is 441 g/mol. The number of hydrogen-bond donors (Lipinski definition) is 0. The van der Waals surface area contributed by atoms with E-state index in [9.17, 15) is 10.1 Å². The van der Waals surface area contributed by atoms with Gasteiger partial charge in [0.15, 0.2) is 0 Å². The Labute approximate surface area is 172 Å². The molecule has 0 spiro atoms. The molecule has 0 unspecified atom stereocenters. The van der Waals surface area contributed by atoms with Gasteiger partial charge in [-0.05, 0) is 0 Å². The number of rotatable bonds is 5. The number of benzene rings is 4. The summed E-state index contributed by atoms with van der Waals surface area (Å²) in [5, 5.41) is 12.7. The van der Waals surface area contributed by atoms with Crippen LogP contribution >= 0.6 is 0 Å². The van der Waals surface area contributed by atoms with Crippen molar-refractivity contribution in [3.8, 4) is 0 Å². The molecule has 0 saturated heterocycles. The van der Waals surface area contributed by atoms with Crippen molar-refractivity contribution in [2.24, 2.45) is 0 Å². The number of hydrogen-bond acceptors (Lipinski definition) is 2. The van der Waals surface area contributed by atoms with Crippen molar-refractivity contribution in [3.63, 3.8) is 0 Å². The van der Waals surface area contributed by atoms with Gasteiger partial charge in [0, 0.05) is 0 Å². The van der Waals surface area contributed by atoms with Crippen molar-refractivity contribution in [2.75, 3.05) is 0 Å². The van der Waals surface area contributed by atoms with Crippen molar-refractivity contribution >= 4 is 30.6 Å². The van der Waals surface area contributed by atoms with Gasteiger partial charge in [0.2, 0.25) is 0 Å². The van der Waals surface area contributed by atoms with Gasteiger partial charge in [-0.2, -0.15) is 0 Å². The maximum atomic E-state index is 12.7. The summed E-state index contributed by atoms with van der Waals surface area (Å²) in [7, 11) is 0. The van der Waals surface area contributed by atoms with E-state index in [2.05, 4.69) is 0 Å². The molecule has 0 N–H and O–H groups in total. The van der Waals surface area contributed by atoms with Gasteiger partial charge in [-0.3, -0.25) is 0 Å². The quantitative estimate of drug-likeness (QED) is 0.271. The molecule has 3 nitrogen and oxygen atoms in total. The molecule has 0 aliphatic heterocycles. The minimum atomic E-state index is -3.63. The van der Waals surface area contributed by atoms with Gasteiger partial charge in [0.1, 0.15) is 0 Å². The molecule has 142 valence electrons. The topological polar surface area (TPSA) is 43.1 Å². The third-order valence-electron chi connectivity index (χ3n) is 4.95. The molecule has 0 fully saturated rings. The first-order valence-electron chi connectivity index (χ1n) is 9.38. The minimum absolute atomic E-state index is 0.157. The molecule has 4 rings (SSSR count). The van der Waals surface area contributed by atoms with Crippen LogP contribution in [0.2, 0.25) is 0 Å². The van der Waals surface area contributed by atoms with Crippen LogP contribution in [0.5, 0.6) is 0 Å². The Morgan fingerprint density at radius 2 is 0.862 bits per heavy atom. The van der Waals surface area contributed by atoms with Crippen LogP contribution in [0, 0.1) is 10.1 Å². The Hall–Kier alpha value is -3.29. The number of nitrogens with zero attached hydrogens (tertiary/aromatic N) is 1. The van der Waals surface area contributed by atoms with Gasteiger partial charge in [-0.25, -0.2) is 0 Å². The van der Waals surface area contributed by atoms with Crippen LogP contribution in [0.4, 0.5) is 0 Å². The fraction of sp³-hybridized carbons (Fsp3) is 0. The molecule has 0 aliphatic rings. The van der Waals surface area contributed by atoms with Crippen molar-refractivity contribution in [1.82, 2.24) is 0 Å². The van der Waals surface area contributed by atoms with Crippen molar-refractivity contribution in [3.05, 3.63) is 137 Å². The molecule has 0 bridgehead atoms. The van der Waals surface area contributed by atoms with Crippen LogP contribution in [0.15, 0.2) is 121 Å². The van der Waals surface area contributed by atoms with E-state index in [1.807, 2.05) is 121 Å². The molecule has 0 aliphatic carbocycles. The molecule has 0 aromatic heterocycles. The van der Waals surface area contributed by atoms with Crippen LogP contribution in [-0.2, 0) is 0 Å². The maximum absolute atomic E-state index is 12.7. The summed E-state index contributed by atoms with van der Waals surface area (Å²) in [4.78, 5) is 12.5. The molecule has 4 heteroatoms. The third kappa shape index (κ3) is 3.46. The van der Waals surface area contributed by atoms with E-state index in [-0.39, 0.29) is 4.92 Å². The van der Waals surface area contributed by atoms with Gasteiger partial charge in [-0.1, -0.05) is 0 Å². The van der Waals surface area contributed by atoms with E-state index >= 15 is 0 Å². The van der Waals surface area contributed by atoms with E-state index in [0.717, 1.165) is 13.1 Å². The summed E-state index contributed by atoms with van der Waals surface area (Å²) in [6.45, 7) is 0. The fourth-order valence-electron chi connectivity index (χ4n) is 3.78. The zero-order valence-electron chi connectivity index (χ0n) is 15.8. The molecule has 0 saturated carbocycles. The molecule has 0 heterocycles. The molecule has 0 atom stereocenters. The van der Waals surface area contributed by atoms with E-state index in [1.165, 1.54) is 0 Å². The second kappa shape index (κ2) is 8.38. The Morgan fingerprint density at radius 3 is 1.17 bits per heavy atom. The van der Waals surface area contributed by atoms with Gasteiger partial charge in [0.05, 0.1) is 0 Å². The third-order valence-corrected chi connectivity index (χ3v) is 13.9. The molecular weight excluding hydrogens is 421 g/mol. The zero-order valence-corrected chi connectivity index (χ0v) is 17.6. The first-order chi connectivity index (χ1) is 14.2. The molecule has 4 aromatic rings. The average Bonchev–Trinajstić information content (AvgIpc) is 2.79. The predicted molar refractivity (Wildman–Crippen MR) is 122 cm³/mol. The second-order valence-electron chi connectivity index (χ2n) is 6.62. The van der Waals surface area contributed by atoms with Crippen LogP contribution in [-0.4, -0.2) is 22.5 Å². The van der Waals surface area contributed by atoms with Gasteiger partial charge >= 0.3 is 173 Å². The van der Waals surface area contributed by atoms with Crippen molar-refractivity contribution in [2.45, 2.75) is 0 Å². The summed E-state index contributed by atoms with van der Waals surface area (Å²) in [5.41, 5.74) is 0.668. The van der Waals surface area contributed by atoms with Crippen molar-refractivity contribution < 1.29 is 4.92 Å². The Balaban J connectivity index is 2.30. The van der Waals surface area contributed by atoms with Crippen LogP contribution < -0.4 is 13.1 Å². The summed E-state index contributed by atoms with van der Waals surface area (Å²) >= 11 is -3.63. The van der Waals surface area contributed by atoms with Gasteiger partial charge in [-0.15, -0.1) is 0 Å². The molecule has 29 heavy (non-hydrogen) atoms. The SMILES string of the molecule is O=[N+]([O-])C(c1ccccc1)=[As](c1ccccc1)(c1ccccc1)c1ccccc1. The van der Waals surface area contributed by atoms with Crippen molar-refractivity contribution in [1.29, 1.82) is 0 Å². The summed E-state index contributed by atoms with van der Waals surface area (Å²) in [6.07, 6.45) is 0. The molecular formula is C25H20AsNO2. The van der Waals surface area contributed by atoms with Crippen LogP contribution in [0.25, 0.3) is 0 Å². The molecule has 4 aromatic carbocycles. The van der Waals surface area contributed by atoms with Crippen LogP contribution in [0.1, 0.15) is 5.56 Å². The zero-order chi connectivity index (χ0) is 20.1. The molecule has 0 amide bonds. The second-order valence-corrected chi connectivity index (χ2v) is 13.6. The van der Waals surface area contributed by atoms with E-state index < -0.39 is 13.1 Å². The van der Waals surface area contributed by atoms with Gasteiger partial charge in [0.25, 0.3) is 0 Å². The summed E-state index contributed by atoms with van der Waals surface area (Å²) < 4.78 is 3.39. The normalized spacial score (nSPS) is 11.0. The first kappa shape index (κ1) is 19.0. The Bertz CT molecular complexity index is 1060. The monoisotopic (exact) mass is 441 g/mol. The Morgan fingerprint density at radius 1 is 0.552 bits per heavy atom. The number of nitro groups is 1.